The van der Waals surface area contributed by atoms with Gasteiger partial charge in [0.05, 0.1) is 24.7 Å². The lowest BCUT2D eigenvalue weighted by atomic mass is 9.87. The Bertz CT molecular complexity index is 393. The summed E-state index contributed by atoms with van der Waals surface area (Å²) >= 11 is 0. The second-order valence-corrected chi connectivity index (χ2v) is 6.02. The summed E-state index contributed by atoms with van der Waals surface area (Å²) in [5, 5.41) is 12.1. The summed E-state index contributed by atoms with van der Waals surface area (Å²) in [6, 6.07) is -0.845. The molecule has 0 aliphatic carbocycles. The molecule has 5 atom stereocenters. The minimum atomic E-state index is -0.974. The molecule has 20 heavy (non-hydrogen) atoms. The lowest BCUT2D eigenvalue weighted by molar-refractivity contribution is -0.146. The molecule has 0 spiro atoms. The van der Waals surface area contributed by atoms with Crippen molar-refractivity contribution >= 4 is 11.9 Å². The van der Waals surface area contributed by atoms with Crippen LogP contribution in [0, 0.1) is 11.8 Å². The van der Waals surface area contributed by atoms with E-state index in [9.17, 15) is 14.7 Å². The van der Waals surface area contributed by atoms with Crippen LogP contribution in [0.1, 0.15) is 32.1 Å². The zero-order valence-corrected chi connectivity index (χ0v) is 11.4. The summed E-state index contributed by atoms with van der Waals surface area (Å²) in [6.07, 6.45) is 4.46. The van der Waals surface area contributed by atoms with Gasteiger partial charge in [-0.15, -0.1) is 0 Å². The highest BCUT2D eigenvalue weighted by Crippen LogP contribution is 2.38. The average Bonchev–Trinajstić information content (AvgIpc) is 3.07. The highest BCUT2D eigenvalue weighted by Gasteiger charge is 2.45. The van der Waals surface area contributed by atoms with Gasteiger partial charge in [0.2, 0.25) is 5.91 Å². The molecule has 5 unspecified atom stereocenters. The van der Waals surface area contributed by atoms with Crippen LogP contribution in [0.4, 0.5) is 0 Å². The number of aliphatic carboxylic acids is 1. The monoisotopic (exact) mass is 283 g/mol. The molecule has 3 aliphatic heterocycles. The number of carbonyl (C=O) groups excluding carboxylic acids is 1. The van der Waals surface area contributed by atoms with E-state index in [0.29, 0.717) is 13.2 Å². The predicted molar refractivity (Wildman–Crippen MR) is 69.1 cm³/mol. The molecule has 0 aromatic carbocycles. The molecule has 3 fully saturated rings. The number of carboxylic acids is 1. The molecule has 3 aliphatic rings. The van der Waals surface area contributed by atoms with E-state index < -0.39 is 12.0 Å². The smallest absolute Gasteiger partial charge is 0.326 e. The van der Waals surface area contributed by atoms with E-state index in [0.717, 1.165) is 32.1 Å². The van der Waals surface area contributed by atoms with Crippen molar-refractivity contribution in [2.24, 2.45) is 11.8 Å². The summed E-state index contributed by atoms with van der Waals surface area (Å²) in [6.45, 7) is 1.08. The SMILES string of the molecule is O=C(NC(C(=O)O)C1CCCOC1)C1CC2CCC1O2. The largest absolute Gasteiger partial charge is 0.480 e. The van der Waals surface area contributed by atoms with Gasteiger partial charge < -0.3 is 19.9 Å². The topological polar surface area (TPSA) is 84.9 Å². The second kappa shape index (κ2) is 5.69. The van der Waals surface area contributed by atoms with Crippen LogP contribution >= 0.6 is 0 Å². The number of nitrogens with one attached hydrogen (secondary N) is 1. The Balaban J connectivity index is 1.61. The van der Waals surface area contributed by atoms with Crippen LogP contribution in [-0.4, -0.2) is 48.4 Å². The fraction of sp³-hybridized carbons (Fsp3) is 0.857. The highest BCUT2D eigenvalue weighted by atomic mass is 16.5. The summed E-state index contributed by atoms with van der Waals surface area (Å²) in [7, 11) is 0. The van der Waals surface area contributed by atoms with Gasteiger partial charge in [-0.3, -0.25) is 4.79 Å². The summed E-state index contributed by atoms with van der Waals surface area (Å²) < 4.78 is 11.0. The van der Waals surface area contributed by atoms with E-state index in [1.807, 2.05) is 0 Å². The van der Waals surface area contributed by atoms with Crippen molar-refractivity contribution in [2.45, 2.75) is 50.4 Å². The van der Waals surface area contributed by atoms with Crippen LogP contribution in [0.3, 0.4) is 0 Å². The molecule has 6 nitrogen and oxygen atoms in total. The van der Waals surface area contributed by atoms with Crippen molar-refractivity contribution in [1.82, 2.24) is 5.32 Å². The Kier molecular flexibility index (Phi) is 3.94. The van der Waals surface area contributed by atoms with E-state index in [1.54, 1.807) is 0 Å². The number of carboxylic acid groups (broad SMARTS) is 1. The second-order valence-electron chi connectivity index (χ2n) is 6.02. The van der Waals surface area contributed by atoms with Crippen molar-refractivity contribution < 1.29 is 24.2 Å². The molecule has 3 rings (SSSR count). The molecule has 3 saturated heterocycles. The normalized spacial score (nSPS) is 37.6. The number of carbonyl (C=O) groups is 2. The molecule has 0 aromatic rings. The van der Waals surface area contributed by atoms with Crippen LogP contribution < -0.4 is 5.32 Å². The molecule has 112 valence electrons. The first kappa shape index (κ1) is 13.8. The van der Waals surface area contributed by atoms with Crippen LogP contribution in [0.25, 0.3) is 0 Å². The minimum Gasteiger partial charge on any atom is -0.480 e. The molecule has 0 aromatic heterocycles. The molecular formula is C14H21NO5. The molecule has 2 bridgehead atoms. The highest BCUT2D eigenvalue weighted by molar-refractivity contribution is 5.85. The van der Waals surface area contributed by atoms with Crippen LogP contribution in [0.15, 0.2) is 0 Å². The first-order valence-electron chi connectivity index (χ1n) is 7.41. The van der Waals surface area contributed by atoms with Gasteiger partial charge in [0.1, 0.15) is 6.04 Å². The molecule has 0 radical (unpaired) electrons. The van der Waals surface area contributed by atoms with Gasteiger partial charge in [-0.05, 0) is 32.1 Å². The fourth-order valence-corrected chi connectivity index (χ4v) is 3.58. The average molecular weight is 283 g/mol. The number of fused-ring (bicyclic) bond motifs is 2. The third-order valence-corrected chi connectivity index (χ3v) is 4.67. The minimum absolute atomic E-state index is 0.0166. The van der Waals surface area contributed by atoms with E-state index in [-0.39, 0.29) is 30.0 Å². The van der Waals surface area contributed by atoms with Crippen molar-refractivity contribution in [3.63, 3.8) is 0 Å². The lowest BCUT2D eigenvalue weighted by Crippen LogP contribution is -2.51. The molecule has 0 saturated carbocycles. The van der Waals surface area contributed by atoms with Crippen LogP contribution in [0.2, 0.25) is 0 Å². The maximum atomic E-state index is 12.3. The maximum absolute atomic E-state index is 12.3. The Hall–Kier alpha value is -1.14. The van der Waals surface area contributed by atoms with Crippen molar-refractivity contribution in [1.29, 1.82) is 0 Å². The van der Waals surface area contributed by atoms with E-state index in [1.165, 1.54) is 0 Å². The summed E-state index contributed by atoms with van der Waals surface area (Å²) in [4.78, 5) is 23.7. The first-order chi connectivity index (χ1) is 9.65. The molecule has 1 amide bonds. The Morgan fingerprint density at radius 3 is 2.65 bits per heavy atom. The first-order valence-corrected chi connectivity index (χ1v) is 7.41. The summed E-state index contributed by atoms with van der Waals surface area (Å²) in [5.41, 5.74) is 0. The van der Waals surface area contributed by atoms with Crippen LogP contribution in [-0.2, 0) is 19.1 Å². The zero-order chi connectivity index (χ0) is 14.1. The lowest BCUT2D eigenvalue weighted by Gasteiger charge is -2.29. The third-order valence-electron chi connectivity index (χ3n) is 4.67. The molecule has 3 heterocycles. The number of hydrogen-bond donors (Lipinski definition) is 2. The number of amides is 1. The number of hydrogen-bond acceptors (Lipinski definition) is 4. The van der Waals surface area contributed by atoms with E-state index in [4.69, 9.17) is 9.47 Å². The molecular weight excluding hydrogens is 262 g/mol. The van der Waals surface area contributed by atoms with Crippen molar-refractivity contribution in [3.05, 3.63) is 0 Å². The fourth-order valence-electron chi connectivity index (χ4n) is 3.58. The van der Waals surface area contributed by atoms with Gasteiger partial charge in [-0.1, -0.05) is 0 Å². The maximum Gasteiger partial charge on any atom is 0.326 e. The Labute approximate surface area is 117 Å². The summed E-state index contributed by atoms with van der Waals surface area (Å²) in [5.74, 6) is -1.46. The predicted octanol–water partition coefficient (Wildman–Crippen LogP) is 0.550. The van der Waals surface area contributed by atoms with Crippen LogP contribution in [0.5, 0.6) is 0 Å². The van der Waals surface area contributed by atoms with Gasteiger partial charge >= 0.3 is 5.97 Å². The van der Waals surface area contributed by atoms with Gasteiger partial charge in [-0.25, -0.2) is 4.79 Å². The van der Waals surface area contributed by atoms with Gasteiger partial charge in [-0.2, -0.15) is 0 Å². The van der Waals surface area contributed by atoms with Gasteiger partial charge in [0.15, 0.2) is 0 Å². The molecule has 6 heteroatoms. The number of ether oxygens (including phenoxy) is 2. The quantitative estimate of drug-likeness (QED) is 0.787. The zero-order valence-electron chi connectivity index (χ0n) is 11.4. The Morgan fingerprint density at radius 1 is 1.25 bits per heavy atom. The molecule has 2 N–H and O–H groups in total. The van der Waals surface area contributed by atoms with Gasteiger partial charge in [0.25, 0.3) is 0 Å². The third kappa shape index (κ3) is 2.67. The van der Waals surface area contributed by atoms with Crippen molar-refractivity contribution in [2.75, 3.05) is 13.2 Å². The number of rotatable bonds is 4. The van der Waals surface area contributed by atoms with Crippen molar-refractivity contribution in [3.8, 4) is 0 Å². The Morgan fingerprint density at radius 2 is 2.10 bits per heavy atom. The van der Waals surface area contributed by atoms with E-state index >= 15 is 0 Å². The van der Waals surface area contributed by atoms with E-state index in [2.05, 4.69) is 5.32 Å². The standard InChI is InChI=1S/C14H21NO5/c16-13(10-6-9-3-4-11(10)20-9)15-12(14(17)18)8-2-1-5-19-7-8/h8-12H,1-7H2,(H,15,16)(H,17,18). The van der Waals surface area contributed by atoms with Gasteiger partial charge in [0, 0.05) is 12.5 Å².